The van der Waals surface area contributed by atoms with Crippen molar-refractivity contribution in [1.29, 1.82) is 0 Å². The van der Waals surface area contributed by atoms with Gasteiger partial charge in [0.2, 0.25) is 0 Å². The summed E-state index contributed by atoms with van der Waals surface area (Å²) in [6.07, 6.45) is -3.64. The highest BCUT2D eigenvalue weighted by Gasteiger charge is 2.28. The lowest BCUT2D eigenvalue weighted by molar-refractivity contribution is -0.129. The first-order chi connectivity index (χ1) is 6.49. The van der Waals surface area contributed by atoms with Crippen LogP contribution in [0.1, 0.15) is 6.42 Å². The zero-order chi connectivity index (χ0) is 10.6. The molecule has 0 bridgehead atoms. The number of ketones is 1. The first-order valence-corrected chi connectivity index (χ1v) is 4.37. The van der Waals surface area contributed by atoms with Gasteiger partial charge in [-0.2, -0.15) is 13.2 Å². The van der Waals surface area contributed by atoms with Crippen molar-refractivity contribution in [2.45, 2.75) is 12.6 Å². The Morgan fingerprint density at radius 2 is 2.21 bits per heavy atom. The zero-order valence-corrected chi connectivity index (χ0v) is 7.56. The van der Waals surface area contributed by atoms with Crippen LogP contribution in [0.5, 0.6) is 0 Å². The molecule has 3 nitrogen and oxygen atoms in total. The number of carbonyl (C=O) groups is 1. The maximum Gasteiger partial charge on any atom is 0.401 e. The van der Waals surface area contributed by atoms with Crippen molar-refractivity contribution < 1.29 is 22.7 Å². The van der Waals surface area contributed by atoms with Crippen molar-refractivity contribution in [1.82, 2.24) is 5.32 Å². The Hall–Kier alpha value is -0.620. The maximum atomic E-state index is 11.7. The minimum absolute atomic E-state index is 0.202. The van der Waals surface area contributed by atoms with Gasteiger partial charge in [-0.15, -0.1) is 0 Å². The summed E-state index contributed by atoms with van der Waals surface area (Å²) in [7, 11) is 0. The molecule has 0 aromatic carbocycles. The van der Waals surface area contributed by atoms with Crippen LogP contribution in [0.2, 0.25) is 0 Å². The molecule has 1 unspecified atom stereocenters. The fraction of sp³-hybridized carbons (Fsp3) is 0.875. The van der Waals surface area contributed by atoms with Crippen LogP contribution in [-0.2, 0) is 9.53 Å². The van der Waals surface area contributed by atoms with E-state index < -0.39 is 12.7 Å². The van der Waals surface area contributed by atoms with Gasteiger partial charge in [-0.1, -0.05) is 0 Å². The molecule has 1 aliphatic rings. The number of nitrogens with one attached hydrogen (secondary N) is 1. The monoisotopic (exact) mass is 211 g/mol. The third-order valence-corrected chi connectivity index (χ3v) is 2.01. The standard InChI is InChI=1S/C8H12F3NO2/c9-8(10,11)5-12-3-7(13)6-1-2-14-4-6/h6,12H,1-5H2. The second-order valence-corrected chi connectivity index (χ2v) is 3.25. The molecule has 0 aromatic rings. The summed E-state index contributed by atoms with van der Waals surface area (Å²) in [5.74, 6) is -0.428. The third kappa shape index (κ3) is 4.06. The van der Waals surface area contributed by atoms with E-state index in [-0.39, 0.29) is 18.2 Å². The maximum absolute atomic E-state index is 11.7. The fourth-order valence-corrected chi connectivity index (χ4v) is 1.26. The van der Waals surface area contributed by atoms with E-state index in [2.05, 4.69) is 5.32 Å². The largest absolute Gasteiger partial charge is 0.401 e. The second kappa shape index (κ2) is 4.75. The topological polar surface area (TPSA) is 38.3 Å². The van der Waals surface area contributed by atoms with E-state index in [1.54, 1.807) is 0 Å². The minimum atomic E-state index is -4.26. The first kappa shape index (κ1) is 11.5. The van der Waals surface area contributed by atoms with Gasteiger partial charge in [0.05, 0.1) is 19.7 Å². The van der Waals surface area contributed by atoms with E-state index in [0.717, 1.165) is 0 Å². The highest BCUT2D eigenvalue weighted by atomic mass is 19.4. The number of Topliss-reactive ketones (excluding diaryl/α,β-unsaturated/α-hetero) is 1. The number of rotatable bonds is 4. The number of halogens is 3. The van der Waals surface area contributed by atoms with E-state index in [0.29, 0.717) is 19.6 Å². The van der Waals surface area contributed by atoms with Gasteiger partial charge < -0.3 is 10.1 Å². The molecule has 0 amide bonds. The molecule has 14 heavy (non-hydrogen) atoms. The van der Waals surface area contributed by atoms with E-state index in [1.807, 2.05) is 0 Å². The van der Waals surface area contributed by atoms with E-state index >= 15 is 0 Å². The molecular weight excluding hydrogens is 199 g/mol. The van der Waals surface area contributed by atoms with E-state index in [1.165, 1.54) is 0 Å². The van der Waals surface area contributed by atoms with Gasteiger partial charge in [-0.25, -0.2) is 0 Å². The van der Waals surface area contributed by atoms with Crippen LogP contribution in [0.3, 0.4) is 0 Å². The lowest BCUT2D eigenvalue weighted by Crippen LogP contribution is -2.35. The highest BCUT2D eigenvalue weighted by molar-refractivity contribution is 5.83. The first-order valence-electron chi connectivity index (χ1n) is 4.37. The number of hydrogen-bond donors (Lipinski definition) is 1. The van der Waals surface area contributed by atoms with Crippen molar-refractivity contribution in [3.8, 4) is 0 Å². The highest BCUT2D eigenvalue weighted by Crippen LogP contribution is 2.14. The number of alkyl halides is 3. The van der Waals surface area contributed by atoms with Gasteiger partial charge in [-0.3, -0.25) is 4.79 Å². The van der Waals surface area contributed by atoms with Gasteiger partial charge in [0.1, 0.15) is 0 Å². The Bertz CT molecular complexity index is 199. The molecule has 82 valence electrons. The summed E-state index contributed by atoms with van der Waals surface area (Å²) in [5.41, 5.74) is 0. The summed E-state index contributed by atoms with van der Waals surface area (Å²) < 4.78 is 40.0. The zero-order valence-electron chi connectivity index (χ0n) is 7.56. The van der Waals surface area contributed by atoms with Gasteiger partial charge in [-0.05, 0) is 6.42 Å². The Morgan fingerprint density at radius 3 is 2.71 bits per heavy atom. The normalized spacial score (nSPS) is 22.6. The van der Waals surface area contributed by atoms with Crippen molar-refractivity contribution in [2.24, 2.45) is 5.92 Å². The molecule has 1 N–H and O–H groups in total. The van der Waals surface area contributed by atoms with E-state index in [4.69, 9.17) is 4.74 Å². The molecular formula is C8H12F3NO2. The molecule has 0 aromatic heterocycles. The molecule has 0 spiro atoms. The van der Waals surface area contributed by atoms with Crippen LogP contribution in [-0.4, -0.2) is 38.3 Å². The van der Waals surface area contributed by atoms with Crippen LogP contribution < -0.4 is 5.32 Å². The van der Waals surface area contributed by atoms with Gasteiger partial charge in [0, 0.05) is 12.5 Å². The Balaban J connectivity index is 2.15. The lowest BCUT2D eigenvalue weighted by atomic mass is 10.0. The lowest BCUT2D eigenvalue weighted by Gasteiger charge is -2.09. The second-order valence-electron chi connectivity index (χ2n) is 3.25. The Kier molecular flexibility index (Phi) is 3.88. The minimum Gasteiger partial charge on any atom is -0.381 e. The molecule has 0 saturated carbocycles. The van der Waals surface area contributed by atoms with Gasteiger partial charge in [0.25, 0.3) is 0 Å². The van der Waals surface area contributed by atoms with Crippen LogP contribution >= 0.6 is 0 Å². The van der Waals surface area contributed by atoms with E-state index in [9.17, 15) is 18.0 Å². The SMILES string of the molecule is O=C(CNCC(F)(F)F)C1CCOC1. The number of ether oxygens (including phenoxy) is 1. The van der Waals surface area contributed by atoms with Crippen molar-refractivity contribution in [3.05, 3.63) is 0 Å². The van der Waals surface area contributed by atoms with Crippen molar-refractivity contribution in [2.75, 3.05) is 26.3 Å². The number of hydrogen-bond acceptors (Lipinski definition) is 3. The molecule has 1 atom stereocenters. The quantitative estimate of drug-likeness (QED) is 0.745. The van der Waals surface area contributed by atoms with Crippen LogP contribution in [0.25, 0.3) is 0 Å². The van der Waals surface area contributed by atoms with Crippen LogP contribution in [0, 0.1) is 5.92 Å². The predicted molar refractivity (Wildman–Crippen MR) is 42.9 cm³/mol. The molecule has 1 aliphatic heterocycles. The summed E-state index contributed by atoms with van der Waals surface area (Å²) in [6, 6.07) is 0. The predicted octanol–water partition coefficient (Wildman–Crippen LogP) is 0.744. The van der Waals surface area contributed by atoms with Gasteiger partial charge in [0.15, 0.2) is 5.78 Å². The number of carbonyl (C=O) groups excluding carboxylic acids is 1. The van der Waals surface area contributed by atoms with Crippen LogP contribution in [0.4, 0.5) is 13.2 Å². The molecule has 1 saturated heterocycles. The fourth-order valence-electron chi connectivity index (χ4n) is 1.26. The third-order valence-electron chi connectivity index (χ3n) is 2.01. The summed E-state index contributed by atoms with van der Waals surface area (Å²) >= 11 is 0. The van der Waals surface area contributed by atoms with Crippen molar-refractivity contribution in [3.63, 3.8) is 0 Å². The van der Waals surface area contributed by atoms with Crippen LogP contribution in [0.15, 0.2) is 0 Å². The average Bonchev–Trinajstić information content (AvgIpc) is 2.53. The smallest absolute Gasteiger partial charge is 0.381 e. The average molecular weight is 211 g/mol. The molecule has 1 fully saturated rings. The van der Waals surface area contributed by atoms with Gasteiger partial charge >= 0.3 is 6.18 Å². The summed E-state index contributed by atoms with van der Waals surface area (Å²) in [6.45, 7) is -0.484. The van der Waals surface area contributed by atoms with Crippen molar-refractivity contribution >= 4 is 5.78 Å². The molecule has 0 aliphatic carbocycles. The molecule has 6 heteroatoms. The Morgan fingerprint density at radius 1 is 1.50 bits per heavy atom. The Labute approximate surface area is 79.6 Å². The summed E-state index contributed by atoms with van der Waals surface area (Å²) in [5, 5.41) is 2.07. The summed E-state index contributed by atoms with van der Waals surface area (Å²) in [4.78, 5) is 11.2. The molecule has 1 heterocycles. The molecule has 1 rings (SSSR count). The molecule has 0 radical (unpaired) electrons.